The zero-order valence-corrected chi connectivity index (χ0v) is 8.57. The average Bonchev–Trinajstić information content (AvgIpc) is 2.62. The van der Waals surface area contributed by atoms with Crippen molar-refractivity contribution in [2.24, 2.45) is 7.05 Å². The van der Waals surface area contributed by atoms with Gasteiger partial charge in [-0.25, -0.2) is 4.39 Å². The summed E-state index contributed by atoms with van der Waals surface area (Å²) in [7, 11) is 1.98. The van der Waals surface area contributed by atoms with Gasteiger partial charge in [0.1, 0.15) is 5.82 Å². The van der Waals surface area contributed by atoms with Gasteiger partial charge in [0.05, 0.1) is 0 Å². The zero-order chi connectivity index (χ0) is 10.7. The van der Waals surface area contributed by atoms with Crippen molar-refractivity contribution in [2.45, 2.75) is 6.54 Å². The number of halogens is 1. The molecule has 78 valence electrons. The molecule has 1 heterocycles. The number of anilines is 1. The van der Waals surface area contributed by atoms with Crippen LogP contribution in [0.25, 0.3) is 0 Å². The van der Waals surface area contributed by atoms with Gasteiger partial charge in [-0.1, -0.05) is 6.07 Å². The number of rotatable bonds is 3. The summed E-state index contributed by atoms with van der Waals surface area (Å²) in [5.74, 6) is -0.215. The summed E-state index contributed by atoms with van der Waals surface area (Å²) in [5.41, 5.74) is 1.99. The average molecular weight is 204 g/mol. The van der Waals surface area contributed by atoms with Crippen molar-refractivity contribution in [1.82, 2.24) is 4.57 Å². The largest absolute Gasteiger partial charge is 0.381 e. The predicted molar refractivity (Wildman–Crippen MR) is 59.1 cm³/mol. The van der Waals surface area contributed by atoms with Crippen molar-refractivity contribution in [3.05, 3.63) is 54.1 Å². The van der Waals surface area contributed by atoms with Gasteiger partial charge in [0.2, 0.25) is 0 Å². The quantitative estimate of drug-likeness (QED) is 0.813. The molecule has 0 aliphatic heterocycles. The number of aromatic nitrogens is 1. The Balaban J connectivity index is 1.99. The fraction of sp³-hybridized carbons (Fsp3) is 0.167. The number of aryl methyl sites for hydroxylation is 1. The second kappa shape index (κ2) is 4.17. The second-order valence-electron chi connectivity index (χ2n) is 3.55. The topological polar surface area (TPSA) is 17.0 Å². The lowest BCUT2D eigenvalue weighted by Crippen LogP contribution is -1.98. The molecule has 0 aliphatic carbocycles. The van der Waals surface area contributed by atoms with Crippen molar-refractivity contribution < 1.29 is 4.39 Å². The minimum absolute atomic E-state index is 0.215. The van der Waals surface area contributed by atoms with E-state index in [1.807, 2.05) is 36.1 Å². The number of nitrogens with one attached hydrogen (secondary N) is 1. The number of nitrogens with zero attached hydrogens (tertiary/aromatic N) is 1. The van der Waals surface area contributed by atoms with Crippen molar-refractivity contribution in [3.8, 4) is 0 Å². The van der Waals surface area contributed by atoms with Crippen molar-refractivity contribution in [2.75, 3.05) is 5.32 Å². The van der Waals surface area contributed by atoms with Crippen LogP contribution in [0, 0.1) is 5.82 Å². The fourth-order valence-electron chi connectivity index (χ4n) is 1.47. The Morgan fingerprint density at radius 1 is 1.33 bits per heavy atom. The van der Waals surface area contributed by atoms with Crippen LogP contribution < -0.4 is 5.32 Å². The third kappa shape index (κ3) is 2.59. The first-order valence-corrected chi connectivity index (χ1v) is 4.84. The van der Waals surface area contributed by atoms with Gasteiger partial charge >= 0.3 is 0 Å². The third-order valence-corrected chi connectivity index (χ3v) is 2.21. The normalized spacial score (nSPS) is 10.3. The van der Waals surface area contributed by atoms with Crippen LogP contribution in [0.3, 0.4) is 0 Å². The van der Waals surface area contributed by atoms with Gasteiger partial charge in [-0.05, 0) is 29.8 Å². The molecule has 3 heteroatoms. The molecule has 0 aliphatic rings. The standard InChI is InChI=1S/C12H13FN2/c1-15-6-5-10(9-15)8-14-12-4-2-3-11(13)7-12/h2-7,9,14H,8H2,1H3. The summed E-state index contributed by atoms with van der Waals surface area (Å²) in [5, 5.41) is 3.16. The molecule has 0 saturated carbocycles. The molecule has 0 amide bonds. The molecule has 0 saturated heterocycles. The lowest BCUT2D eigenvalue weighted by Gasteiger charge is -2.04. The highest BCUT2D eigenvalue weighted by atomic mass is 19.1. The van der Waals surface area contributed by atoms with E-state index in [0.717, 1.165) is 5.69 Å². The van der Waals surface area contributed by atoms with Crippen LogP contribution in [0.15, 0.2) is 42.7 Å². The van der Waals surface area contributed by atoms with Gasteiger partial charge in [0, 0.05) is 31.7 Å². The van der Waals surface area contributed by atoms with E-state index in [1.165, 1.54) is 17.7 Å². The molecular weight excluding hydrogens is 191 g/mol. The van der Waals surface area contributed by atoms with Gasteiger partial charge in [0.15, 0.2) is 0 Å². The van der Waals surface area contributed by atoms with Crippen LogP contribution in [0.5, 0.6) is 0 Å². The lowest BCUT2D eigenvalue weighted by molar-refractivity contribution is 0.628. The van der Waals surface area contributed by atoms with Gasteiger partial charge in [-0.3, -0.25) is 0 Å². The van der Waals surface area contributed by atoms with Crippen LogP contribution in [0.2, 0.25) is 0 Å². The molecule has 15 heavy (non-hydrogen) atoms. The molecule has 0 radical (unpaired) electrons. The Morgan fingerprint density at radius 3 is 2.87 bits per heavy atom. The molecule has 0 atom stereocenters. The van der Waals surface area contributed by atoms with Crippen LogP contribution in [0.1, 0.15) is 5.56 Å². The van der Waals surface area contributed by atoms with Gasteiger partial charge < -0.3 is 9.88 Å². The van der Waals surface area contributed by atoms with E-state index in [9.17, 15) is 4.39 Å². The molecule has 0 unspecified atom stereocenters. The molecule has 0 bridgehead atoms. The highest BCUT2D eigenvalue weighted by Gasteiger charge is 1.96. The van der Waals surface area contributed by atoms with Gasteiger partial charge in [-0.2, -0.15) is 0 Å². The first-order chi connectivity index (χ1) is 7.24. The van der Waals surface area contributed by atoms with Crippen LogP contribution >= 0.6 is 0 Å². The van der Waals surface area contributed by atoms with E-state index in [0.29, 0.717) is 6.54 Å². The number of hydrogen-bond donors (Lipinski definition) is 1. The van der Waals surface area contributed by atoms with Crippen LogP contribution in [-0.2, 0) is 13.6 Å². The minimum atomic E-state index is -0.215. The maximum absolute atomic E-state index is 12.9. The Morgan fingerprint density at radius 2 is 2.20 bits per heavy atom. The molecular formula is C12H13FN2. The van der Waals surface area contributed by atoms with Crippen LogP contribution in [-0.4, -0.2) is 4.57 Å². The lowest BCUT2D eigenvalue weighted by atomic mass is 10.3. The first-order valence-electron chi connectivity index (χ1n) is 4.84. The van der Waals surface area contributed by atoms with Crippen LogP contribution in [0.4, 0.5) is 10.1 Å². The second-order valence-corrected chi connectivity index (χ2v) is 3.55. The summed E-state index contributed by atoms with van der Waals surface area (Å²) in [4.78, 5) is 0. The van der Waals surface area contributed by atoms with Gasteiger partial charge in [0.25, 0.3) is 0 Å². The summed E-state index contributed by atoms with van der Waals surface area (Å²) < 4.78 is 14.8. The molecule has 0 spiro atoms. The number of hydrogen-bond acceptors (Lipinski definition) is 1. The monoisotopic (exact) mass is 204 g/mol. The highest BCUT2D eigenvalue weighted by molar-refractivity contribution is 5.43. The van der Waals surface area contributed by atoms with E-state index in [-0.39, 0.29) is 5.82 Å². The maximum atomic E-state index is 12.9. The maximum Gasteiger partial charge on any atom is 0.125 e. The van der Waals surface area contributed by atoms with Crippen molar-refractivity contribution in [1.29, 1.82) is 0 Å². The summed E-state index contributed by atoms with van der Waals surface area (Å²) in [6.07, 6.45) is 4.02. The molecule has 2 rings (SSSR count). The van der Waals surface area contributed by atoms with Gasteiger partial charge in [-0.15, -0.1) is 0 Å². The molecule has 1 aromatic carbocycles. The molecule has 1 aromatic heterocycles. The van der Waals surface area contributed by atoms with E-state index in [4.69, 9.17) is 0 Å². The Kier molecular flexibility index (Phi) is 2.72. The van der Waals surface area contributed by atoms with Crippen molar-refractivity contribution >= 4 is 5.69 Å². The Labute approximate surface area is 88.4 Å². The Hall–Kier alpha value is -1.77. The molecule has 2 nitrogen and oxygen atoms in total. The number of benzene rings is 1. The van der Waals surface area contributed by atoms with Crippen molar-refractivity contribution in [3.63, 3.8) is 0 Å². The van der Waals surface area contributed by atoms with E-state index < -0.39 is 0 Å². The summed E-state index contributed by atoms with van der Waals surface area (Å²) in [6.45, 7) is 0.713. The minimum Gasteiger partial charge on any atom is -0.381 e. The smallest absolute Gasteiger partial charge is 0.125 e. The third-order valence-electron chi connectivity index (χ3n) is 2.21. The van der Waals surface area contributed by atoms with E-state index in [1.54, 1.807) is 6.07 Å². The first kappa shape index (κ1) is 9.77. The molecule has 1 N–H and O–H groups in total. The van der Waals surface area contributed by atoms with E-state index >= 15 is 0 Å². The molecule has 2 aromatic rings. The summed E-state index contributed by atoms with van der Waals surface area (Å²) in [6, 6.07) is 8.51. The van der Waals surface area contributed by atoms with E-state index in [2.05, 4.69) is 5.32 Å². The predicted octanol–water partition coefficient (Wildman–Crippen LogP) is 2.78. The molecule has 0 fully saturated rings. The highest BCUT2D eigenvalue weighted by Crippen LogP contribution is 2.10. The zero-order valence-electron chi connectivity index (χ0n) is 8.57. The Bertz CT molecular complexity index is 448. The fourth-order valence-corrected chi connectivity index (χ4v) is 1.47. The SMILES string of the molecule is Cn1ccc(CNc2cccc(F)c2)c1. The summed E-state index contributed by atoms with van der Waals surface area (Å²) >= 11 is 0.